The van der Waals surface area contributed by atoms with Crippen molar-refractivity contribution in [2.75, 3.05) is 19.3 Å². The van der Waals surface area contributed by atoms with Gasteiger partial charge in [0.25, 0.3) is 5.91 Å². The number of hydrogen-bond acceptors (Lipinski definition) is 5. The van der Waals surface area contributed by atoms with Crippen LogP contribution in [0.1, 0.15) is 22.6 Å². The summed E-state index contributed by atoms with van der Waals surface area (Å²) in [6.07, 6.45) is 4.46. The molecule has 2 rings (SSSR count). The van der Waals surface area contributed by atoms with E-state index >= 15 is 0 Å². The second-order valence-electron chi connectivity index (χ2n) is 4.60. The third-order valence-electron chi connectivity index (χ3n) is 2.88. The average Bonchev–Trinajstić information content (AvgIpc) is 2.89. The summed E-state index contributed by atoms with van der Waals surface area (Å²) in [6, 6.07) is 3.52. The van der Waals surface area contributed by atoms with Crippen LogP contribution in [0.25, 0.3) is 0 Å². The number of rotatable bonds is 5. The molecule has 0 aliphatic carbocycles. The Kier molecular flexibility index (Phi) is 4.29. The van der Waals surface area contributed by atoms with Gasteiger partial charge in [0.2, 0.25) is 5.95 Å². The highest BCUT2D eigenvalue weighted by Gasteiger charge is 2.14. The average molecular weight is 274 g/mol. The van der Waals surface area contributed by atoms with Gasteiger partial charge in [-0.2, -0.15) is 5.10 Å². The van der Waals surface area contributed by atoms with Gasteiger partial charge in [-0.3, -0.25) is 9.48 Å². The minimum Gasteiger partial charge on any atom is -0.368 e. The number of aromatic nitrogens is 4. The van der Waals surface area contributed by atoms with Crippen molar-refractivity contribution in [2.24, 2.45) is 0 Å². The van der Waals surface area contributed by atoms with Gasteiger partial charge in [-0.25, -0.2) is 9.97 Å². The van der Waals surface area contributed by atoms with E-state index in [-0.39, 0.29) is 11.9 Å². The lowest BCUT2D eigenvalue weighted by Crippen LogP contribution is -2.29. The molecule has 7 heteroatoms. The molecule has 0 atom stereocenters. The maximum atomic E-state index is 12.2. The molecule has 20 heavy (non-hydrogen) atoms. The number of nitrogens with zero attached hydrogens (tertiary/aromatic N) is 5. The van der Waals surface area contributed by atoms with Crippen LogP contribution in [0.15, 0.2) is 24.5 Å². The van der Waals surface area contributed by atoms with Gasteiger partial charge in [0.15, 0.2) is 0 Å². The summed E-state index contributed by atoms with van der Waals surface area (Å²) in [4.78, 5) is 21.8. The van der Waals surface area contributed by atoms with Gasteiger partial charge in [0, 0.05) is 38.2 Å². The molecule has 7 nitrogen and oxygen atoms in total. The number of carbonyl (C=O) groups is 1. The summed E-state index contributed by atoms with van der Waals surface area (Å²) in [6.45, 7) is 3.18. The lowest BCUT2D eigenvalue weighted by atomic mass is 10.3. The highest BCUT2D eigenvalue weighted by Crippen LogP contribution is 2.05. The van der Waals surface area contributed by atoms with E-state index in [1.807, 2.05) is 16.9 Å². The second kappa shape index (κ2) is 6.14. The van der Waals surface area contributed by atoms with E-state index < -0.39 is 0 Å². The Hall–Kier alpha value is -2.44. The summed E-state index contributed by atoms with van der Waals surface area (Å²) >= 11 is 0. The molecular formula is C13H18N6O. The van der Waals surface area contributed by atoms with Crippen molar-refractivity contribution in [1.82, 2.24) is 24.6 Å². The van der Waals surface area contributed by atoms with Gasteiger partial charge in [0.1, 0.15) is 5.69 Å². The van der Waals surface area contributed by atoms with E-state index in [1.165, 1.54) is 0 Å². The lowest BCUT2D eigenvalue weighted by molar-refractivity contribution is 0.0785. The van der Waals surface area contributed by atoms with Gasteiger partial charge in [-0.15, -0.1) is 0 Å². The zero-order chi connectivity index (χ0) is 14.5. The summed E-state index contributed by atoms with van der Waals surface area (Å²) in [5.74, 6) is -0.0269. The predicted molar refractivity (Wildman–Crippen MR) is 75.0 cm³/mol. The van der Waals surface area contributed by atoms with E-state index in [2.05, 4.69) is 15.1 Å². The highest BCUT2D eigenvalue weighted by molar-refractivity contribution is 5.92. The van der Waals surface area contributed by atoms with E-state index in [1.54, 1.807) is 31.1 Å². The quantitative estimate of drug-likeness (QED) is 0.868. The van der Waals surface area contributed by atoms with Crippen LogP contribution in [-0.2, 0) is 6.54 Å². The molecule has 1 amide bonds. The minimum absolute atomic E-state index is 0.123. The van der Waals surface area contributed by atoms with Gasteiger partial charge >= 0.3 is 0 Å². The van der Waals surface area contributed by atoms with Crippen LogP contribution in [0.2, 0.25) is 0 Å². The summed E-state index contributed by atoms with van der Waals surface area (Å²) in [5, 5.41) is 4.12. The fourth-order valence-electron chi connectivity index (χ4n) is 1.90. The highest BCUT2D eigenvalue weighted by atomic mass is 16.2. The first kappa shape index (κ1) is 14.0. The van der Waals surface area contributed by atoms with Crippen molar-refractivity contribution in [2.45, 2.75) is 19.9 Å². The molecule has 0 fully saturated rings. The predicted octanol–water partition coefficient (Wildman–Crippen LogP) is 0.726. The van der Waals surface area contributed by atoms with Crippen LogP contribution in [0, 0.1) is 6.92 Å². The van der Waals surface area contributed by atoms with Crippen LogP contribution in [-0.4, -0.2) is 44.1 Å². The fourth-order valence-corrected chi connectivity index (χ4v) is 1.90. The largest absolute Gasteiger partial charge is 0.368 e. The zero-order valence-electron chi connectivity index (χ0n) is 11.7. The lowest BCUT2D eigenvalue weighted by Gasteiger charge is -2.16. The first-order valence-corrected chi connectivity index (χ1v) is 6.40. The monoisotopic (exact) mass is 274 g/mol. The Bertz CT molecular complexity index is 560. The van der Waals surface area contributed by atoms with Gasteiger partial charge in [0.05, 0.1) is 0 Å². The van der Waals surface area contributed by atoms with Gasteiger partial charge in [-0.05, 0) is 25.5 Å². The summed E-state index contributed by atoms with van der Waals surface area (Å²) in [5.41, 5.74) is 6.57. The Labute approximate surface area is 117 Å². The van der Waals surface area contributed by atoms with Gasteiger partial charge in [-0.1, -0.05) is 0 Å². The number of anilines is 1. The molecular weight excluding hydrogens is 256 g/mol. The maximum absolute atomic E-state index is 12.2. The van der Waals surface area contributed by atoms with Crippen molar-refractivity contribution in [3.63, 3.8) is 0 Å². The van der Waals surface area contributed by atoms with Crippen molar-refractivity contribution in [3.8, 4) is 0 Å². The van der Waals surface area contributed by atoms with Crippen LogP contribution in [0.3, 0.4) is 0 Å². The standard InChI is InChI=1S/C13H18N6O/c1-10-9-11(17-13(14)16-10)12(20)18(2)6-4-8-19-7-3-5-15-19/h3,5,7,9H,4,6,8H2,1-2H3,(H2,14,16,17). The summed E-state index contributed by atoms with van der Waals surface area (Å²) < 4.78 is 1.84. The normalized spacial score (nSPS) is 10.5. The SMILES string of the molecule is Cc1cc(C(=O)N(C)CCCn2cccn2)nc(N)n1. The number of carbonyl (C=O) groups excluding carboxylic acids is 1. The first-order valence-electron chi connectivity index (χ1n) is 6.40. The maximum Gasteiger partial charge on any atom is 0.272 e. The zero-order valence-corrected chi connectivity index (χ0v) is 11.7. The number of nitrogen functional groups attached to an aromatic ring is 1. The van der Waals surface area contributed by atoms with E-state index in [0.717, 1.165) is 13.0 Å². The van der Waals surface area contributed by atoms with E-state index in [0.29, 0.717) is 17.9 Å². The van der Waals surface area contributed by atoms with Crippen LogP contribution >= 0.6 is 0 Å². The van der Waals surface area contributed by atoms with Crippen LogP contribution < -0.4 is 5.73 Å². The molecule has 0 aliphatic heterocycles. The Morgan fingerprint density at radius 3 is 2.90 bits per heavy atom. The first-order chi connectivity index (χ1) is 9.56. The van der Waals surface area contributed by atoms with Crippen molar-refractivity contribution in [1.29, 1.82) is 0 Å². The molecule has 2 aromatic rings. The number of amides is 1. The molecule has 0 spiro atoms. The Morgan fingerprint density at radius 1 is 1.45 bits per heavy atom. The minimum atomic E-state index is -0.150. The Morgan fingerprint density at radius 2 is 2.25 bits per heavy atom. The number of nitrogens with two attached hydrogens (primary N) is 1. The van der Waals surface area contributed by atoms with Crippen molar-refractivity contribution >= 4 is 11.9 Å². The third kappa shape index (κ3) is 3.53. The van der Waals surface area contributed by atoms with Crippen LogP contribution in [0.4, 0.5) is 5.95 Å². The molecule has 0 unspecified atom stereocenters. The molecule has 2 N–H and O–H groups in total. The number of aryl methyl sites for hydroxylation is 2. The molecule has 0 radical (unpaired) electrons. The molecule has 0 aliphatic rings. The molecule has 0 aromatic carbocycles. The second-order valence-corrected chi connectivity index (χ2v) is 4.60. The van der Waals surface area contributed by atoms with Crippen molar-refractivity contribution < 1.29 is 4.79 Å². The van der Waals surface area contributed by atoms with E-state index in [9.17, 15) is 4.79 Å². The van der Waals surface area contributed by atoms with E-state index in [4.69, 9.17) is 5.73 Å². The van der Waals surface area contributed by atoms with Crippen LogP contribution in [0.5, 0.6) is 0 Å². The molecule has 0 bridgehead atoms. The molecule has 0 saturated carbocycles. The van der Waals surface area contributed by atoms with Crippen molar-refractivity contribution in [3.05, 3.63) is 35.9 Å². The fraction of sp³-hybridized carbons (Fsp3) is 0.385. The molecule has 0 saturated heterocycles. The Balaban J connectivity index is 1.91. The third-order valence-corrected chi connectivity index (χ3v) is 2.88. The topological polar surface area (TPSA) is 89.9 Å². The summed E-state index contributed by atoms with van der Waals surface area (Å²) in [7, 11) is 1.75. The molecule has 2 heterocycles. The molecule has 106 valence electrons. The van der Waals surface area contributed by atoms with Gasteiger partial charge < -0.3 is 10.6 Å². The smallest absolute Gasteiger partial charge is 0.272 e. The molecule has 2 aromatic heterocycles. The number of hydrogen-bond donors (Lipinski definition) is 1.